The Morgan fingerprint density at radius 1 is 1.26 bits per heavy atom. The van der Waals surface area contributed by atoms with Crippen LogP contribution in [0.15, 0.2) is 30.6 Å². The van der Waals surface area contributed by atoms with Crippen molar-refractivity contribution in [2.75, 3.05) is 18.9 Å². The van der Waals surface area contributed by atoms with Gasteiger partial charge in [-0.2, -0.15) is 0 Å². The van der Waals surface area contributed by atoms with Gasteiger partial charge in [0, 0.05) is 35.5 Å². The highest BCUT2D eigenvalue weighted by molar-refractivity contribution is 5.96. The number of pyridine rings is 1. The first-order valence-electron chi connectivity index (χ1n) is 6.71. The molecule has 0 saturated carbocycles. The van der Waals surface area contributed by atoms with Crippen LogP contribution in [-0.2, 0) is 4.74 Å². The van der Waals surface area contributed by atoms with Crippen molar-refractivity contribution in [3.63, 3.8) is 0 Å². The summed E-state index contributed by atoms with van der Waals surface area (Å²) in [5, 5.41) is 1.94. The summed E-state index contributed by atoms with van der Waals surface area (Å²) in [6.07, 6.45) is 7.20. The first-order chi connectivity index (χ1) is 9.34. The molecule has 4 nitrogen and oxygen atoms in total. The highest BCUT2D eigenvalue weighted by Crippen LogP contribution is 2.29. The molecule has 1 unspecified atom stereocenters. The number of hydrogen-bond acceptors (Lipinski definition) is 4. The van der Waals surface area contributed by atoms with Gasteiger partial charge in [-0.25, -0.2) is 0 Å². The summed E-state index contributed by atoms with van der Waals surface area (Å²) in [5.41, 5.74) is 6.67. The van der Waals surface area contributed by atoms with Crippen LogP contribution in [0.25, 0.3) is 10.8 Å². The van der Waals surface area contributed by atoms with Gasteiger partial charge in [-0.1, -0.05) is 0 Å². The van der Waals surface area contributed by atoms with Crippen LogP contribution in [0.5, 0.6) is 5.75 Å². The smallest absolute Gasteiger partial charge is 0.127 e. The molecule has 2 heterocycles. The monoisotopic (exact) mass is 258 g/mol. The largest absolute Gasteiger partial charge is 0.490 e. The van der Waals surface area contributed by atoms with E-state index in [1.165, 1.54) is 6.42 Å². The van der Waals surface area contributed by atoms with Crippen LogP contribution in [0, 0.1) is 0 Å². The quantitative estimate of drug-likeness (QED) is 0.860. The van der Waals surface area contributed by atoms with Crippen molar-refractivity contribution >= 4 is 16.5 Å². The van der Waals surface area contributed by atoms with E-state index in [0.717, 1.165) is 41.7 Å². The molecule has 0 spiro atoms. The summed E-state index contributed by atoms with van der Waals surface area (Å²) in [5.74, 6) is 0.848. The van der Waals surface area contributed by atoms with Crippen molar-refractivity contribution in [2.45, 2.75) is 25.4 Å². The second-order valence-corrected chi connectivity index (χ2v) is 4.87. The molecule has 0 radical (unpaired) electrons. The Morgan fingerprint density at radius 2 is 2.21 bits per heavy atom. The molecule has 100 valence electrons. The average Bonchev–Trinajstić information content (AvgIpc) is 2.48. The first kappa shape index (κ1) is 12.2. The van der Waals surface area contributed by atoms with Crippen molar-refractivity contribution in [2.24, 2.45) is 0 Å². The van der Waals surface area contributed by atoms with Gasteiger partial charge in [-0.05, 0) is 37.5 Å². The molecule has 19 heavy (non-hydrogen) atoms. The third-order valence-corrected chi connectivity index (χ3v) is 3.51. The summed E-state index contributed by atoms with van der Waals surface area (Å²) in [6, 6.07) is 5.71. The lowest BCUT2D eigenvalue weighted by molar-refractivity contribution is -0.0107. The normalized spacial score (nSPS) is 19.5. The molecule has 1 atom stereocenters. The number of anilines is 1. The van der Waals surface area contributed by atoms with Crippen LogP contribution in [0.2, 0.25) is 0 Å². The fourth-order valence-electron chi connectivity index (χ4n) is 2.43. The van der Waals surface area contributed by atoms with Gasteiger partial charge in [-0.15, -0.1) is 0 Å². The van der Waals surface area contributed by atoms with Crippen LogP contribution in [-0.4, -0.2) is 24.3 Å². The van der Waals surface area contributed by atoms with Gasteiger partial charge in [0.15, 0.2) is 0 Å². The van der Waals surface area contributed by atoms with E-state index in [1.807, 2.05) is 18.2 Å². The molecule has 4 heteroatoms. The molecule has 1 aliphatic heterocycles. The van der Waals surface area contributed by atoms with Crippen LogP contribution in [0.4, 0.5) is 5.69 Å². The zero-order chi connectivity index (χ0) is 13.1. The van der Waals surface area contributed by atoms with Crippen molar-refractivity contribution in [3.8, 4) is 5.75 Å². The molecule has 0 amide bonds. The fourth-order valence-corrected chi connectivity index (χ4v) is 2.43. The van der Waals surface area contributed by atoms with Gasteiger partial charge < -0.3 is 15.2 Å². The van der Waals surface area contributed by atoms with Crippen molar-refractivity contribution in [1.29, 1.82) is 0 Å². The van der Waals surface area contributed by atoms with Crippen LogP contribution >= 0.6 is 0 Å². The Bertz CT molecular complexity index is 565. The third-order valence-electron chi connectivity index (χ3n) is 3.51. The van der Waals surface area contributed by atoms with Crippen LogP contribution < -0.4 is 10.5 Å². The van der Waals surface area contributed by atoms with E-state index in [-0.39, 0.29) is 6.10 Å². The molecule has 1 aliphatic rings. The van der Waals surface area contributed by atoms with E-state index in [9.17, 15) is 0 Å². The standard InChI is InChI=1S/C15H18N2O2/c16-14-4-5-15(12-6-7-17-9-13(12)14)19-10-11-3-1-2-8-18-11/h4-7,9,11H,1-3,8,10,16H2. The molecule has 2 aromatic rings. The second-order valence-electron chi connectivity index (χ2n) is 4.87. The lowest BCUT2D eigenvalue weighted by atomic mass is 10.1. The van der Waals surface area contributed by atoms with E-state index in [0.29, 0.717) is 6.61 Å². The van der Waals surface area contributed by atoms with E-state index in [1.54, 1.807) is 12.4 Å². The van der Waals surface area contributed by atoms with E-state index in [2.05, 4.69) is 4.98 Å². The summed E-state index contributed by atoms with van der Waals surface area (Å²) >= 11 is 0. The number of ether oxygens (including phenoxy) is 2. The number of hydrogen-bond donors (Lipinski definition) is 1. The van der Waals surface area contributed by atoms with Gasteiger partial charge in [0.2, 0.25) is 0 Å². The third kappa shape index (κ3) is 2.63. The molecule has 1 aromatic heterocycles. The maximum Gasteiger partial charge on any atom is 0.127 e. The summed E-state index contributed by atoms with van der Waals surface area (Å²) in [7, 11) is 0. The molecule has 3 rings (SSSR count). The maximum absolute atomic E-state index is 5.94. The molecule has 1 saturated heterocycles. The van der Waals surface area contributed by atoms with Crippen LogP contribution in [0.3, 0.4) is 0 Å². The highest BCUT2D eigenvalue weighted by Gasteiger charge is 2.15. The van der Waals surface area contributed by atoms with E-state index >= 15 is 0 Å². The Balaban J connectivity index is 1.79. The molecule has 1 aromatic carbocycles. The minimum atomic E-state index is 0.211. The van der Waals surface area contributed by atoms with E-state index in [4.69, 9.17) is 15.2 Å². The number of fused-ring (bicyclic) bond motifs is 1. The number of nitrogens with two attached hydrogens (primary N) is 1. The number of nitrogen functional groups attached to an aromatic ring is 1. The summed E-state index contributed by atoms with van der Waals surface area (Å²) in [6.45, 7) is 1.45. The lowest BCUT2D eigenvalue weighted by Gasteiger charge is -2.23. The highest BCUT2D eigenvalue weighted by atomic mass is 16.5. The Labute approximate surface area is 112 Å². The number of nitrogens with zero attached hydrogens (tertiary/aromatic N) is 1. The first-order valence-corrected chi connectivity index (χ1v) is 6.71. The predicted octanol–water partition coefficient (Wildman–Crippen LogP) is 2.76. The average molecular weight is 258 g/mol. The number of rotatable bonds is 3. The van der Waals surface area contributed by atoms with Gasteiger partial charge in [-0.3, -0.25) is 4.98 Å². The van der Waals surface area contributed by atoms with Crippen LogP contribution in [0.1, 0.15) is 19.3 Å². The summed E-state index contributed by atoms with van der Waals surface area (Å²) in [4.78, 5) is 4.10. The van der Waals surface area contributed by atoms with Gasteiger partial charge in [0.1, 0.15) is 12.4 Å². The van der Waals surface area contributed by atoms with Crippen molar-refractivity contribution in [3.05, 3.63) is 30.6 Å². The fraction of sp³-hybridized carbons (Fsp3) is 0.400. The zero-order valence-corrected chi connectivity index (χ0v) is 10.8. The molecular weight excluding hydrogens is 240 g/mol. The SMILES string of the molecule is Nc1ccc(OCC2CCCCO2)c2ccncc12. The maximum atomic E-state index is 5.94. The zero-order valence-electron chi connectivity index (χ0n) is 10.8. The van der Waals surface area contributed by atoms with Crippen molar-refractivity contribution in [1.82, 2.24) is 4.98 Å². The Morgan fingerprint density at radius 3 is 3.05 bits per heavy atom. The topological polar surface area (TPSA) is 57.4 Å². The number of aromatic nitrogens is 1. The molecule has 2 N–H and O–H groups in total. The Kier molecular flexibility index (Phi) is 3.51. The molecule has 0 aliphatic carbocycles. The van der Waals surface area contributed by atoms with Crippen molar-refractivity contribution < 1.29 is 9.47 Å². The van der Waals surface area contributed by atoms with Gasteiger partial charge >= 0.3 is 0 Å². The van der Waals surface area contributed by atoms with Gasteiger partial charge in [0.05, 0.1) is 6.10 Å². The molecular formula is C15H18N2O2. The molecule has 0 bridgehead atoms. The van der Waals surface area contributed by atoms with E-state index < -0.39 is 0 Å². The number of benzene rings is 1. The minimum absolute atomic E-state index is 0.211. The van der Waals surface area contributed by atoms with Gasteiger partial charge in [0.25, 0.3) is 0 Å². The molecule has 1 fully saturated rings. The predicted molar refractivity (Wildman–Crippen MR) is 75.2 cm³/mol. The minimum Gasteiger partial charge on any atom is -0.490 e. The summed E-state index contributed by atoms with van der Waals surface area (Å²) < 4.78 is 11.6. The Hall–Kier alpha value is -1.81. The lowest BCUT2D eigenvalue weighted by Crippen LogP contribution is -2.25. The second kappa shape index (κ2) is 5.45.